The maximum atomic E-state index is 12.7. The van der Waals surface area contributed by atoms with Crippen LogP contribution in [0.2, 0.25) is 5.02 Å². The van der Waals surface area contributed by atoms with Gasteiger partial charge in [0.05, 0.1) is 4.90 Å². The van der Waals surface area contributed by atoms with Gasteiger partial charge in [0.25, 0.3) is 5.91 Å². The molecule has 0 unspecified atom stereocenters. The third-order valence-corrected chi connectivity index (χ3v) is 6.30. The van der Waals surface area contributed by atoms with Gasteiger partial charge in [0.2, 0.25) is 10.0 Å². The zero-order valence-electron chi connectivity index (χ0n) is 18.6. The molecule has 1 amide bonds. The number of halogens is 1. The smallest absolute Gasteiger partial charge is 0.325 e. The largest absolute Gasteiger partial charge is 0.451 e. The molecule has 2 aromatic rings. The van der Waals surface area contributed by atoms with E-state index in [0.717, 1.165) is 5.69 Å². The van der Waals surface area contributed by atoms with Crippen molar-refractivity contribution in [1.29, 1.82) is 0 Å². The second kappa shape index (κ2) is 10.8. The lowest BCUT2D eigenvalue weighted by Crippen LogP contribution is -2.47. The quantitative estimate of drug-likeness (QED) is 0.532. The van der Waals surface area contributed by atoms with Crippen molar-refractivity contribution >= 4 is 44.9 Å². The molecule has 0 bridgehead atoms. The van der Waals surface area contributed by atoms with Crippen LogP contribution in [0, 0.1) is 5.92 Å². The van der Waals surface area contributed by atoms with Gasteiger partial charge >= 0.3 is 5.97 Å². The molecule has 0 radical (unpaired) electrons. The Morgan fingerprint density at radius 2 is 1.66 bits per heavy atom. The van der Waals surface area contributed by atoms with E-state index in [9.17, 15) is 18.0 Å². The Bertz CT molecular complexity index is 1060. The molecule has 10 heteroatoms. The number of carbonyl (C=O) groups is 2. The Hall–Kier alpha value is -2.62. The number of ether oxygens (including phenoxy) is 1. The van der Waals surface area contributed by atoms with Gasteiger partial charge in [-0.25, -0.2) is 8.42 Å². The van der Waals surface area contributed by atoms with E-state index in [2.05, 4.69) is 10.0 Å². The van der Waals surface area contributed by atoms with Gasteiger partial charge in [-0.1, -0.05) is 31.5 Å². The second-order valence-corrected chi connectivity index (χ2v) is 9.96. The Morgan fingerprint density at radius 3 is 2.19 bits per heavy atom. The molecular formula is C22H28ClN3O5S. The second-order valence-electron chi connectivity index (χ2n) is 7.81. The average molecular weight is 482 g/mol. The lowest BCUT2D eigenvalue weighted by molar-refractivity contribution is -0.155. The van der Waals surface area contributed by atoms with Crippen molar-refractivity contribution < 1.29 is 22.7 Å². The van der Waals surface area contributed by atoms with E-state index < -0.39 is 40.0 Å². The third kappa shape index (κ3) is 6.94. The molecule has 0 aromatic heterocycles. The van der Waals surface area contributed by atoms with Crippen molar-refractivity contribution in [3.63, 3.8) is 0 Å². The van der Waals surface area contributed by atoms with Gasteiger partial charge < -0.3 is 15.0 Å². The van der Waals surface area contributed by atoms with Gasteiger partial charge in [0.1, 0.15) is 6.04 Å². The number of amides is 1. The summed E-state index contributed by atoms with van der Waals surface area (Å²) in [5.74, 6) is -1.81. The number of hydrogen-bond donors (Lipinski definition) is 2. The van der Waals surface area contributed by atoms with E-state index in [1.54, 1.807) is 32.0 Å². The average Bonchev–Trinajstić information content (AvgIpc) is 2.72. The van der Waals surface area contributed by atoms with Gasteiger partial charge in [-0.05, 0) is 55.3 Å². The van der Waals surface area contributed by atoms with E-state index in [1.807, 2.05) is 31.1 Å². The zero-order chi connectivity index (χ0) is 24.1. The van der Waals surface area contributed by atoms with E-state index >= 15 is 0 Å². The molecule has 0 aliphatic carbocycles. The molecule has 2 rings (SSSR count). The highest BCUT2D eigenvalue weighted by molar-refractivity contribution is 7.89. The van der Waals surface area contributed by atoms with E-state index in [-0.39, 0.29) is 9.92 Å². The van der Waals surface area contributed by atoms with Crippen LogP contribution in [0.3, 0.4) is 0 Å². The van der Waals surface area contributed by atoms with Gasteiger partial charge in [0.15, 0.2) is 6.10 Å². The Labute approximate surface area is 193 Å². The first-order chi connectivity index (χ1) is 14.9. The topological polar surface area (TPSA) is 105 Å². The summed E-state index contributed by atoms with van der Waals surface area (Å²) < 4.78 is 33.0. The van der Waals surface area contributed by atoms with E-state index in [4.69, 9.17) is 16.3 Å². The number of carbonyl (C=O) groups excluding carboxylic acids is 2. The summed E-state index contributed by atoms with van der Waals surface area (Å²) in [6.07, 6.45) is -1.13. The van der Waals surface area contributed by atoms with E-state index in [0.29, 0.717) is 5.69 Å². The van der Waals surface area contributed by atoms with E-state index in [1.165, 1.54) is 25.1 Å². The van der Waals surface area contributed by atoms with Crippen molar-refractivity contribution in [2.75, 3.05) is 24.3 Å². The molecule has 32 heavy (non-hydrogen) atoms. The lowest BCUT2D eigenvalue weighted by Gasteiger charge is -2.23. The molecule has 0 fully saturated rings. The zero-order valence-corrected chi connectivity index (χ0v) is 20.2. The lowest BCUT2D eigenvalue weighted by atomic mass is 10.1. The Balaban J connectivity index is 2.05. The number of esters is 1. The van der Waals surface area contributed by atoms with Crippen molar-refractivity contribution in [1.82, 2.24) is 4.72 Å². The molecule has 0 aliphatic rings. The highest BCUT2D eigenvalue weighted by Gasteiger charge is 2.32. The molecule has 2 atom stereocenters. The number of rotatable bonds is 9. The minimum absolute atomic E-state index is 0.0737. The summed E-state index contributed by atoms with van der Waals surface area (Å²) in [7, 11) is -0.220. The molecule has 8 nitrogen and oxygen atoms in total. The molecule has 2 N–H and O–H groups in total. The molecule has 0 heterocycles. The molecule has 174 valence electrons. The number of sulfonamides is 1. The van der Waals surface area contributed by atoms with Crippen LogP contribution < -0.4 is 14.9 Å². The van der Waals surface area contributed by atoms with Crippen LogP contribution in [0.4, 0.5) is 11.4 Å². The van der Waals surface area contributed by atoms with Gasteiger partial charge in [0, 0.05) is 30.5 Å². The minimum Gasteiger partial charge on any atom is -0.451 e. The van der Waals surface area contributed by atoms with Crippen molar-refractivity contribution in [3.8, 4) is 0 Å². The standard InChI is InChI=1S/C22H28ClN3O5S/c1-14(2)20(25-32(29,30)19-8-6-7-16(23)13-19)22(28)31-15(3)21(27)24-17-9-11-18(12-10-17)26(4)5/h6-15,20,25H,1-5H3,(H,24,27)/t15-,20+/m0/s1. The van der Waals surface area contributed by atoms with Crippen LogP contribution in [0.5, 0.6) is 0 Å². The number of anilines is 2. The maximum Gasteiger partial charge on any atom is 0.325 e. The van der Waals surface area contributed by atoms with Crippen LogP contribution in [-0.4, -0.2) is 46.5 Å². The summed E-state index contributed by atoms with van der Waals surface area (Å²) in [6.45, 7) is 4.76. The van der Waals surface area contributed by atoms with Crippen LogP contribution in [0.15, 0.2) is 53.4 Å². The number of nitrogens with zero attached hydrogens (tertiary/aromatic N) is 1. The van der Waals surface area contributed by atoms with Crippen molar-refractivity contribution in [2.45, 2.75) is 37.8 Å². The Morgan fingerprint density at radius 1 is 1.03 bits per heavy atom. The highest BCUT2D eigenvalue weighted by atomic mass is 35.5. The predicted molar refractivity (Wildman–Crippen MR) is 125 cm³/mol. The monoisotopic (exact) mass is 481 g/mol. The SMILES string of the molecule is CC(C)[C@@H](NS(=O)(=O)c1cccc(Cl)c1)C(=O)O[C@@H](C)C(=O)Nc1ccc(N(C)C)cc1. The fraction of sp³-hybridized carbons (Fsp3) is 0.364. The van der Waals surface area contributed by atoms with Crippen LogP contribution >= 0.6 is 11.6 Å². The first kappa shape index (κ1) is 25.6. The highest BCUT2D eigenvalue weighted by Crippen LogP contribution is 2.18. The summed E-state index contributed by atoms with van der Waals surface area (Å²) in [6, 6.07) is 11.7. The summed E-state index contributed by atoms with van der Waals surface area (Å²) >= 11 is 5.88. The number of benzene rings is 2. The van der Waals surface area contributed by atoms with Crippen LogP contribution in [0.25, 0.3) is 0 Å². The Kier molecular flexibility index (Phi) is 8.65. The van der Waals surface area contributed by atoms with Gasteiger partial charge in [-0.2, -0.15) is 4.72 Å². The molecular weight excluding hydrogens is 454 g/mol. The number of nitrogens with one attached hydrogen (secondary N) is 2. The summed E-state index contributed by atoms with van der Waals surface area (Å²) in [5, 5.41) is 2.92. The molecule has 0 spiro atoms. The van der Waals surface area contributed by atoms with Gasteiger partial charge in [-0.15, -0.1) is 0 Å². The molecule has 0 saturated heterocycles. The normalized spacial score (nSPS) is 13.3. The minimum atomic E-state index is -4.03. The third-order valence-electron chi connectivity index (χ3n) is 4.62. The summed E-state index contributed by atoms with van der Waals surface area (Å²) in [4.78, 5) is 27.0. The van der Waals surface area contributed by atoms with Gasteiger partial charge in [-0.3, -0.25) is 9.59 Å². The van der Waals surface area contributed by atoms with Crippen LogP contribution in [-0.2, 0) is 24.3 Å². The first-order valence-corrected chi connectivity index (χ1v) is 11.8. The molecule has 0 aliphatic heterocycles. The van der Waals surface area contributed by atoms with Crippen LogP contribution in [0.1, 0.15) is 20.8 Å². The number of hydrogen-bond acceptors (Lipinski definition) is 6. The predicted octanol–water partition coefficient (Wildman–Crippen LogP) is 3.28. The van der Waals surface area contributed by atoms with Crippen molar-refractivity contribution in [3.05, 3.63) is 53.6 Å². The fourth-order valence-corrected chi connectivity index (χ4v) is 4.35. The summed E-state index contributed by atoms with van der Waals surface area (Å²) in [5.41, 5.74) is 1.51. The fourth-order valence-electron chi connectivity index (χ4n) is 2.71. The van der Waals surface area contributed by atoms with Crippen molar-refractivity contribution in [2.24, 2.45) is 5.92 Å². The molecule has 2 aromatic carbocycles. The maximum absolute atomic E-state index is 12.7. The molecule has 0 saturated carbocycles. The first-order valence-electron chi connectivity index (χ1n) is 9.97.